The van der Waals surface area contributed by atoms with E-state index < -0.39 is 12.0 Å². The topological polar surface area (TPSA) is 28.0 Å². The van der Waals surface area contributed by atoms with Gasteiger partial charge in [0.1, 0.15) is 0 Å². The summed E-state index contributed by atoms with van der Waals surface area (Å²) in [5.41, 5.74) is 0. The minimum atomic E-state index is -4.47. The lowest BCUT2D eigenvalue weighted by Crippen LogP contribution is -2.35. The first-order valence-electron chi connectivity index (χ1n) is 2.67. The molecule has 0 rings (SSSR count). The minimum absolute atomic E-state index is 0.828. The largest absolute Gasteiger partial charge is 0.451 e. The van der Waals surface area contributed by atoms with E-state index in [1.54, 1.807) is 0 Å². The monoisotopic (exact) mass is 167 g/mol. The Morgan fingerprint density at radius 3 is 1.91 bits per heavy atom. The van der Waals surface area contributed by atoms with Gasteiger partial charge in [0, 0.05) is 20.8 Å². The highest BCUT2D eigenvalue weighted by Crippen LogP contribution is 2.18. The van der Waals surface area contributed by atoms with Gasteiger partial charge in [0.15, 0.2) is 0 Å². The number of hydrogen-bond donors (Lipinski definition) is 0. The van der Waals surface area contributed by atoms with Crippen molar-refractivity contribution in [1.29, 1.82) is 0 Å². The lowest BCUT2D eigenvalue weighted by molar-refractivity contribution is -0.0670. The molecule has 11 heavy (non-hydrogen) atoms. The molecule has 0 atom stereocenters. The van der Waals surface area contributed by atoms with Crippen LogP contribution in [0.4, 0.5) is 13.2 Å². The Morgan fingerprint density at radius 2 is 1.82 bits per heavy atom. The summed E-state index contributed by atoms with van der Waals surface area (Å²) in [5, 5.41) is 5.63. The zero-order valence-electron chi connectivity index (χ0n) is 6.18. The molecule has 0 aliphatic carbocycles. The van der Waals surface area contributed by atoms with Crippen molar-refractivity contribution >= 4 is 12.6 Å². The predicted octanol–water partition coefficient (Wildman–Crippen LogP) is 1.12. The first-order chi connectivity index (χ1) is 4.89. The van der Waals surface area contributed by atoms with Crippen LogP contribution in [0, 0.1) is 0 Å². The maximum absolute atomic E-state index is 11.9. The molecule has 0 radical (unpaired) electrons. The average molecular weight is 167 g/mol. The van der Waals surface area contributed by atoms with Gasteiger partial charge >= 0.3 is 6.18 Å². The molecule has 3 nitrogen and oxygen atoms in total. The Kier molecular flexibility index (Phi) is 3.03. The SMILES string of the molecule is C=N/N=C(\N(C)C)C(F)(F)F. The van der Waals surface area contributed by atoms with Crippen LogP contribution in [0.15, 0.2) is 10.2 Å². The smallest absolute Gasteiger partial charge is 0.357 e. The quantitative estimate of drug-likeness (QED) is 0.327. The molecule has 6 heteroatoms. The summed E-state index contributed by atoms with van der Waals surface area (Å²) in [5.74, 6) is -1.06. The van der Waals surface area contributed by atoms with Crippen LogP contribution in [0.25, 0.3) is 0 Å². The third-order valence-electron chi connectivity index (χ3n) is 0.843. The first kappa shape index (κ1) is 9.93. The van der Waals surface area contributed by atoms with E-state index in [2.05, 4.69) is 16.9 Å². The second-order valence-electron chi connectivity index (χ2n) is 1.96. The molecule has 0 saturated heterocycles. The Hall–Kier alpha value is -1.07. The fourth-order valence-corrected chi connectivity index (χ4v) is 0.467. The van der Waals surface area contributed by atoms with Crippen molar-refractivity contribution < 1.29 is 13.2 Å². The highest BCUT2D eigenvalue weighted by atomic mass is 19.4. The molecule has 0 aromatic carbocycles. The van der Waals surface area contributed by atoms with Crippen LogP contribution in [0.3, 0.4) is 0 Å². The van der Waals surface area contributed by atoms with Crippen molar-refractivity contribution in [3.05, 3.63) is 0 Å². The third kappa shape index (κ3) is 3.01. The molecule has 0 N–H and O–H groups in total. The molecule has 64 valence electrons. The van der Waals surface area contributed by atoms with Gasteiger partial charge in [0.05, 0.1) is 0 Å². The highest BCUT2D eigenvalue weighted by Gasteiger charge is 2.37. The van der Waals surface area contributed by atoms with Crippen molar-refractivity contribution in [2.75, 3.05) is 14.1 Å². The van der Waals surface area contributed by atoms with Crippen LogP contribution in [-0.4, -0.2) is 37.7 Å². The van der Waals surface area contributed by atoms with Crippen molar-refractivity contribution in [3.63, 3.8) is 0 Å². The summed E-state index contributed by atoms with van der Waals surface area (Å²) in [7, 11) is 2.47. The lowest BCUT2D eigenvalue weighted by Gasteiger charge is -2.16. The fraction of sp³-hybridized carbons (Fsp3) is 0.600. The van der Waals surface area contributed by atoms with E-state index in [0.29, 0.717) is 0 Å². The zero-order valence-corrected chi connectivity index (χ0v) is 6.18. The number of rotatable bonds is 1. The van der Waals surface area contributed by atoms with Crippen LogP contribution in [0.2, 0.25) is 0 Å². The third-order valence-corrected chi connectivity index (χ3v) is 0.843. The van der Waals surface area contributed by atoms with Gasteiger partial charge in [-0.3, -0.25) is 0 Å². The number of nitrogens with zero attached hydrogens (tertiary/aromatic N) is 3. The maximum Gasteiger partial charge on any atom is 0.451 e. The van der Waals surface area contributed by atoms with E-state index in [1.807, 2.05) is 0 Å². The van der Waals surface area contributed by atoms with Gasteiger partial charge in [-0.05, 0) is 0 Å². The zero-order chi connectivity index (χ0) is 9.07. The minimum Gasteiger partial charge on any atom is -0.357 e. The molecule has 0 saturated carbocycles. The summed E-state index contributed by atoms with van der Waals surface area (Å²) in [4.78, 5) is 0.828. The summed E-state index contributed by atoms with van der Waals surface area (Å²) in [6.07, 6.45) is -4.47. The maximum atomic E-state index is 11.9. The first-order valence-corrected chi connectivity index (χ1v) is 2.67. The van der Waals surface area contributed by atoms with E-state index in [4.69, 9.17) is 0 Å². The average Bonchev–Trinajstić information content (AvgIpc) is 1.79. The highest BCUT2D eigenvalue weighted by molar-refractivity contribution is 5.87. The lowest BCUT2D eigenvalue weighted by atomic mass is 10.5. The number of hydrogen-bond acceptors (Lipinski definition) is 2. The van der Waals surface area contributed by atoms with Gasteiger partial charge in [-0.2, -0.15) is 18.3 Å². The van der Waals surface area contributed by atoms with Gasteiger partial charge in [0.2, 0.25) is 5.84 Å². The van der Waals surface area contributed by atoms with Crippen LogP contribution < -0.4 is 0 Å². The Bertz CT molecular complexity index is 170. The van der Waals surface area contributed by atoms with Crippen LogP contribution in [-0.2, 0) is 0 Å². The second kappa shape index (κ2) is 3.36. The Balaban J connectivity index is 4.62. The van der Waals surface area contributed by atoms with E-state index >= 15 is 0 Å². The number of halogens is 3. The van der Waals surface area contributed by atoms with Gasteiger partial charge in [0.25, 0.3) is 0 Å². The molecule has 0 heterocycles. The Morgan fingerprint density at radius 1 is 1.36 bits per heavy atom. The standard InChI is InChI=1S/C5H8F3N3/c1-9-10-4(11(2)3)5(6,7)8/h1H2,2-3H3/b10-4-. The summed E-state index contributed by atoms with van der Waals surface area (Å²) >= 11 is 0. The van der Waals surface area contributed by atoms with E-state index in [9.17, 15) is 13.2 Å². The molecule has 0 aromatic heterocycles. The number of amidine groups is 1. The normalized spacial score (nSPS) is 13.0. The molecule has 0 aliphatic rings. The second-order valence-corrected chi connectivity index (χ2v) is 1.96. The predicted molar refractivity (Wildman–Crippen MR) is 36.7 cm³/mol. The van der Waals surface area contributed by atoms with Crippen molar-refractivity contribution in [2.45, 2.75) is 6.18 Å². The van der Waals surface area contributed by atoms with Gasteiger partial charge < -0.3 is 4.90 Å². The Labute approximate surface area is 62.2 Å². The molecule has 0 spiro atoms. The molecule has 0 aromatic rings. The molecule has 0 amide bonds. The van der Waals surface area contributed by atoms with Gasteiger partial charge in [-0.15, -0.1) is 5.10 Å². The van der Waals surface area contributed by atoms with Crippen molar-refractivity contribution in [3.8, 4) is 0 Å². The van der Waals surface area contributed by atoms with Crippen LogP contribution >= 0.6 is 0 Å². The summed E-state index contributed by atoms with van der Waals surface area (Å²) in [6, 6.07) is 0. The van der Waals surface area contributed by atoms with Crippen LogP contribution in [0.1, 0.15) is 0 Å². The molecule has 0 aliphatic heterocycles. The van der Waals surface area contributed by atoms with Gasteiger partial charge in [-0.1, -0.05) is 0 Å². The summed E-state index contributed by atoms with van der Waals surface area (Å²) < 4.78 is 35.7. The molecule has 0 unspecified atom stereocenters. The molecule has 0 bridgehead atoms. The van der Waals surface area contributed by atoms with E-state index in [0.717, 1.165) is 4.90 Å². The molecular weight excluding hydrogens is 159 g/mol. The molecule has 0 fully saturated rings. The van der Waals surface area contributed by atoms with E-state index in [-0.39, 0.29) is 0 Å². The van der Waals surface area contributed by atoms with Crippen molar-refractivity contribution in [1.82, 2.24) is 4.90 Å². The van der Waals surface area contributed by atoms with Crippen molar-refractivity contribution in [2.24, 2.45) is 10.2 Å². The summed E-state index contributed by atoms with van der Waals surface area (Å²) in [6.45, 7) is 2.83. The molecular formula is C5H8F3N3. The fourth-order valence-electron chi connectivity index (χ4n) is 0.467. The van der Waals surface area contributed by atoms with Crippen LogP contribution in [0.5, 0.6) is 0 Å². The van der Waals surface area contributed by atoms with Gasteiger partial charge in [-0.25, -0.2) is 0 Å². The number of alkyl halides is 3. The van der Waals surface area contributed by atoms with E-state index in [1.165, 1.54) is 14.1 Å².